The zero-order valence-corrected chi connectivity index (χ0v) is 49.4. The number of rotatable bonds is 48. The van der Waals surface area contributed by atoms with Crippen molar-refractivity contribution in [2.24, 2.45) is 0 Å². The second-order valence-corrected chi connectivity index (χ2v) is 18.2. The number of carbonyl (C=O) groups is 3. The third kappa shape index (κ3) is 81.2. The number of carboxylic acid groups (broad SMARTS) is 3. The molecular formula is C54H105KO6Pb. The first-order valence-electron chi connectivity index (χ1n) is 26.9. The molecule has 0 aromatic rings. The van der Waals surface area contributed by atoms with Gasteiger partial charge in [0.25, 0.3) is 0 Å². The minimum absolute atomic E-state index is 0. The SMILES string of the molecule is CCCCCCCCCCCCCCCCCC(=O)[O-].CCCCCCCCCCCCCCCCCC(=O)[O-].CCCCCCCCCCCCCCCCCC(=O)[O-].[K+].[Pb+2]. The van der Waals surface area contributed by atoms with Gasteiger partial charge >= 0.3 is 78.7 Å². The number of carboxylic acids is 3. The van der Waals surface area contributed by atoms with Crippen molar-refractivity contribution in [2.75, 3.05) is 0 Å². The molecule has 62 heavy (non-hydrogen) atoms. The Morgan fingerprint density at radius 3 is 0.419 bits per heavy atom. The zero-order chi connectivity index (χ0) is 44.7. The molecule has 0 rings (SSSR count). The molecule has 0 heterocycles. The van der Waals surface area contributed by atoms with E-state index in [0.29, 0.717) is 0 Å². The summed E-state index contributed by atoms with van der Waals surface area (Å²) in [6.45, 7) is 6.80. The predicted molar refractivity (Wildman–Crippen MR) is 259 cm³/mol. The van der Waals surface area contributed by atoms with E-state index >= 15 is 0 Å². The Hall–Kier alpha value is 0.968. The molecule has 0 spiro atoms. The number of aliphatic carboxylic acids is 3. The average Bonchev–Trinajstić information content (AvgIpc) is 3.22. The second kappa shape index (κ2) is 68.5. The summed E-state index contributed by atoms with van der Waals surface area (Å²) in [5.41, 5.74) is 0. The van der Waals surface area contributed by atoms with E-state index in [-0.39, 0.29) is 97.9 Å². The molecule has 6 nitrogen and oxygen atoms in total. The van der Waals surface area contributed by atoms with Gasteiger partial charge in [0, 0.05) is 17.9 Å². The maximum absolute atomic E-state index is 10.2. The molecule has 0 amide bonds. The van der Waals surface area contributed by atoms with Gasteiger partial charge < -0.3 is 29.7 Å². The fourth-order valence-corrected chi connectivity index (χ4v) is 7.92. The van der Waals surface area contributed by atoms with E-state index in [4.69, 9.17) is 0 Å². The van der Waals surface area contributed by atoms with Gasteiger partial charge in [0.15, 0.2) is 0 Å². The Morgan fingerprint density at radius 2 is 0.323 bits per heavy atom. The fourth-order valence-electron chi connectivity index (χ4n) is 7.92. The van der Waals surface area contributed by atoms with Gasteiger partial charge in [-0.15, -0.1) is 0 Å². The molecule has 0 fully saturated rings. The summed E-state index contributed by atoms with van der Waals surface area (Å²) in [7, 11) is 0. The van der Waals surface area contributed by atoms with Crippen LogP contribution in [-0.4, -0.2) is 45.2 Å². The van der Waals surface area contributed by atoms with Gasteiger partial charge in [-0.3, -0.25) is 0 Å². The van der Waals surface area contributed by atoms with Crippen LogP contribution in [0.15, 0.2) is 0 Å². The van der Waals surface area contributed by atoms with Crippen LogP contribution < -0.4 is 66.7 Å². The van der Waals surface area contributed by atoms with Crippen LogP contribution in [0.5, 0.6) is 0 Å². The van der Waals surface area contributed by atoms with Gasteiger partial charge in [0.05, 0.1) is 0 Å². The first-order chi connectivity index (χ1) is 29.3. The number of unbranched alkanes of at least 4 members (excludes halogenated alkanes) is 42. The third-order valence-corrected chi connectivity index (χ3v) is 12.0. The third-order valence-electron chi connectivity index (χ3n) is 12.0. The molecule has 362 valence electrons. The molecular weight excluding hydrogens is 991 g/mol. The van der Waals surface area contributed by atoms with E-state index in [9.17, 15) is 29.7 Å². The molecule has 0 bridgehead atoms. The molecule has 0 aliphatic heterocycles. The Balaban J connectivity index is -0.000000258. The number of carbonyl (C=O) groups excluding carboxylic acids is 3. The molecule has 0 aliphatic rings. The summed E-state index contributed by atoms with van der Waals surface area (Å²) >= 11 is 0. The van der Waals surface area contributed by atoms with E-state index in [1.807, 2.05) is 0 Å². The standard InChI is InChI=1S/3C18H36O2.K.Pb/c3*1-2-3-4-5-6-7-8-9-10-11-12-13-14-15-16-17-18(19)20;;/h3*2-17H2,1H3,(H,19,20);;/q;;;+1;+2/p-3. The van der Waals surface area contributed by atoms with Gasteiger partial charge in [0.2, 0.25) is 0 Å². The van der Waals surface area contributed by atoms with Crippen molar-refractivity contribution in [1.82, 2.24) is 0 Å². The quantitative estimate of drug-likeness (QED) is 0.0442. The summed E-state index contributed by atoms with van der Waals surface area (Å²) in [5.74, 6) is -2.71. The fraction of sp³-hybridized carbons (Fsp3) is 0.944. The molecule has 0 aromatic carbocycles. The van der Waals surface area contributed by atoms with Crippen molar-refractivity contribution in [1.29, 1.82) is 0 Å². The molecule has 0 saturated heterocycles. The summed E-state index contributed by atoms with van der Waals surface area (Å²) in [4.78, 5) is 30.7. The van der Waals surface area contributed by atoms with E-state index in [0.717, 1.165) is 38.5 Å². The Morgan fingerprint density at radius 1 is 0.226 bits per heavy atom. The molecule has 8 heteroatoms. The van der Waals surface area contributed by atoms with Crippen LogP contribution in [0.4, 0.5) is 0 Å². The monoisotopic (exact) mass is 1100 g/mol. The summed E-state index contributed by atoms with van der Waals surface area (Å²) in [6, 6.07) is 0. The van der Waals surface area contributed by atoms with Gasteiger partial charge in [-0.2, -0.15) is 0 Å². The summed E-state index contributed by atoms with van der Waals surface area (Å²) < 4.78 is 0. The second-order valence-electron chi connectivity index (χ2n) is 18.2. The Kier molecular flexibility index (Phi) is 79.6. The van der Waals surface area contributed by atoms with Crippen molar-refractivity contribution in [3.8, 4) is 0 Å². The largest absolute Gasteiger partial charge is 2.00 e. The van der Waals surface area contributed by atoms with Crippen LogP contribution in [0.1, 0.15) is 329 Å². The maximum atomic E-state index is 10.2. The molecule has 0 atom stereocenters. The van der Waals surface area contributed by atoms with Crippen molar-refractivity contribution < 1.29 is 81.1 Å². The minimum Gasteiger partial charge on any atom is -0.550 e. The predicted octanol–water partition coefficient (Wildman–Crippen LogP) is 11.6. The maximum Gasteiger partial charge on any atom is 2.00 e. The van der Waals surface area contributed by atoms with E-state index in [1.165, 1.54) is 250 Å². The van der Waals surface area contributed by atoms with Crippen LogP contribution in [0, 0.1) is 0 Å². The molecule has 0 unspecified atom stereocenters. The van der Waals surface area contributed by atoms with Crippen LogP contribution >= 0.6 is 0 Å². The topological polar surface area (TPSA) is 120 Å². The summed E-state index contributed by atoms with van der Waals surface area (Å²) in [6.07, 6.45) is 59.6. The molecule has 0 aromatic heterocycles. The molecule has 0 aliphatic carbocycles. The smallest absolute Gasteiger partial charge is 0.550 e. The van der Waals surface area contributed by atoms with Crippen molar-refractivity contribution in [2.45, 2.75) is 329 Å². The van der Waals surface area contributed by atoms with Crippen molar-refractivity contribution in [3.05, 3.63) is 0 Å². The Labute approximate surface area is 450 Å². The normalized spacial score (nSPS) is 10.5. The van der Waals surface area contributed by atoms with E-state index in [1.54, 1.807) is 0 Å². The molecule has 0 N–H and O–H groups in total. The summed E-state index contributed by atoms with van der Waals surface area (Å²) in [5, 5.41) is 30.7. The number of hydrogen-bond acceptors (Lipinski definition) is 6. The molecule has 2 radical (unpaired) electrons. The Bertz CT molecular complexity index is 724. The van der Waals surface area contributed by atoms with Gasteiger partial charge in [-0.05, 0) is 38.5 Å². The van der Waals surface area contributed by atoms with Gasteiger partial charge in [-0.1, -0.05) is 290 Å². The van der Waals surface area contributed by atoms with Crippen molar-refractivity contribution >= 4 is 45.2 Å². The first kappa shape index (κ1) is 72.0. The number of hydrogen-bond donors (Lipinski definition) is 0. The van der Waals surface area contributed by atoms with Gasteiger partial charge in [0.1, 0.15) is 0 Å². The van der Waals surface area contributed by atoms with Crippen LogP contribution in [0.2, 0.25) is 0 Å². The van der Waals surface area contributed by atoms with E-state index in [2.05, 4.69) is 20.8 Å². The van der Waals surface area contributed by atoms with Crippen LogP contribution in [0.3, 0.4) is 0 Å². The average molecular weight is 1100 g/mol. The molecule has 0 saturated carbocycles. The van der Waals surface area contributed by atoms with Crippen LogP contribution in [-0.2, 0) is 14.4 Å². The minimum atomic E-state index is -0.903. The zero-order valence-electron chi connectivity index (χ0n) is 42.4. The van der Waals surface area contributed by atoms with E-state index < -0.39 is 17.9 Å². The van der Waals surface area contributed by atoms with Crippen LogP contribution in [0.25, 0.3) is 0 Å². The first-order valence-corrected chi connectivity index (χ1v) is 26.9. The van der Waals surface area contributed by atoms with Crippen molar-refractivity contribution in [3.63, 3.8) is 0 Å². The van der Waals surface area contributed by atoms with Gasteiger partial charge in [-0.25, -0.2) is 0 Å².